The Morgan fingerprint density at radius 3 is 2.71 bits per heavy atom. The van der Waals surface area contributed by atoms with Crippen LogP contribution < -0.4 is 15.0 Å². The number of rotatable bonds is 8. The van der Waals surface area contributed by atoms with Gasteiger partial charge in [0.05, 0.1) is 5.56 Å². The van der Waals surface area contributed by atoms with Crippen LogP contribution >= 0.6 is 0 Å². The van der Waals surface area contributed by atoms with Gasteiger partial charge in [0.1, 0.15) is 17.2 Å². The van der Waals surface area contributed by atoms with Crippen molar-refractivity contribution in [3.63, 3.8) is 0 Å². The average molecular weight is 528 g/mol. The van der Waals surface area contributed by atoms with Crippen LogP contribution in [-0.4, -0.2) is 56.7 Å². The summed E-state index contributed by atoms with van der Waals surface area (Å²) in [5.41, 5.74) is -0.829. The molecule has 12 heteroatoms. The molecule has 0 amide bonds. The minimum absolute atomic E-state index is 0.0197. The number of H-pyrrole nitrogens is 1. The van der Waals surface area contributed by atoms with Crippen LogP contribution in [0.25, 0.3) is 11.0 Å². The molecule has 4 heterocycles. The molecule has 0 radical (unpaired) electrons. The lowest BCUT2D eigenvalue weighted by Gasteiger charge is -2.28. The summed E-state index contributed by atoms with van der Waals surface area (Å²) in [6, 6.07) is 7.85. The summed E-state index contributed by atoms with van der Waals surface area (Å²) in [5, 5.41) is 7.51. The van der Waals surface area contributed by atoms with E-state index < -0.39 is 29.3 Å². The number of pyridine rings is 2. The van der Waals surface area contributed by atoms with E-state index in [0.717, 1.165) is 38.2 Å². The number of nitrogens with one attached hydrogen (secondary N) is 1. The standard InChI is InChI=1S/C26H24F3N5O4/c1-33-11-7-16(8-12-33)37-24-22-21(6-9-30-23(22)31-32-24)38-20-5-4-15(13-18(20)27)14-19(35)17-3-2-10-34(25(17)36)26(28)29/h2-6,9-10,13,16,26H,7-8,11-12,14H2,1H3,(H,30,31,32). The largest absolute Gasteiger partial charge is 0.473 e. The van der Waals surface area contributed by atoms with Crippen LogP contribution in [0.4, 0.5) is 13.2 Å². The number of carbonyl (C=O) groups is 1. The molecule has 1 N–H and O–H groups in total. The molecule has 198 valence electrons. The molecule has 0 bridgehead atoms. The molecule has 1 saturated heterocycles. The highest BCUT2D eigenvalue weighted by Gasteiger charge is 2.23. The Hall–Kier alpha value is -4.19. The summed E-state index contributed by atoms with van der Waals surface area (Å²) in [6.07, 6.45) is 3.70. The van der Waals surface area contributed by atoms with Crippen molar-refractivity contribution >= 4 is 16.8 Å². The number of Topliss-reactive ketones (excluding diaryl/α,β-unsaturated/α-hetero) is 1. The zero-order valence-electron chi connectivity index (χ0n) is 20.4. The van der Waals surface area contributed by atoms with Crippen molar-refractivity contribution in [2.45, 2.75) is 31.9 Å². The van der Waals surface area contributed by atoms with Gasteiger partial charge in [0.15, 0.2) is 23.0 Å². The van der Waals surface area contributed by atoms with E-state index in [-0.39, 0.29) is 34.2 Å². The maximum atomic E-state index is 15.0. The van der Waals surface area contributed by atoms with Gasteiger partial charge in [-0.15, -0.1) is 5.10 Å². The zero-order chi connectivity index (χ0) is 26.8. The van der Waals surface area contributed by atoms with Gasteiger partial charge in [-0.2, -0.15) is 8.78 Å². The molecule has 0 saturated carbocycles. The second-order valence-electron chi connectivity index (χ2n) is 9.06. The van der Waals surface area contributed by atoms with Gasteiger partial charge in [-0.05, 0) is 49.7 Å². The fourth-order valence-corrected chi connectivity index (χ4v) is 4.34. The number of piperidine rings is 1. The van der Waals surface area contributed by atoms with Gasteiger partial charge in [-0.25, -0.2) is 9.37 Å². The Bertz CT molecular complexity index is 1530. The molecule has 1 fully saturated rings. The molecule has 0 atom stereocenters. The summed E-state index contributed by atoms with van der Waals surface area (Å²) in [6.45, 7) is -1.27. The first-order valence-electron chi connectivity index (χ1n) is 12.0. The van der Waals surface area contributed by atoms with Gasteiger partial charge >= 0.3 is 6.55 Å². The van der Waals surface area contributed by atoms with Gasteiger partial charge in [0, 0.05) is 38.0 Å². The number of fused-ring (bicyclic) bond motifs is 1. The molecule has 0 unspecified atom stereocenters. The number of nitrogens with zero attached hydrogens (tertiary/aromatic N) is 4. The topological polar surface area (TPSA) is 102 Å². The maximum Gasteiger partial charge on any atom is 0.321 e. The average Bonchev–Trinajstić information content (AvgIpc) is 3.30. The number of aromatic nitrogens is 4. The number of ether oxygens (including phenoxy) is 2. The van der Waals surface area contributed by atoms with Crippen LogP contribution in [0, 0.1) is 5.82 Å². The van der Waals surface area contributed by atoms with Crippen LogP contribution in [0.2, 0.25) is 0 Å². The van der Waals surface area contributed by atoms with E-state index >= 15 is 0 Å². The Morgan fingerprint density at radius 1 is 1.18 bits per heavy atom. The van der Waals surface area contributed by atoms with Crippen LogP contribution in [-0.2, 0) is 6.42 Å². The minimum atomic E-state index is -3.07. The quantitative estimate of drug-likeness (QED) is 0.340. The molecular weight excluding hydrogens is 503 g/mol. The van der Waals surface area contributed by atoms with Crippen molar-refractivity contribution in [1.29, 1.82) is 0 Å². The molecule has 0 spiro atoms. The first-order valence-corrected chi connectivity index (χ1v) is 12.0. The number of benzene rings is 1. The fraction of sp³-hybridized carbons (Fsp3) is 0.308. The third-order valence-corrected chi connectivity index (χ3v) is 6.40. The summed E-state index contributed by atoms with van der Waals surface area (Å²) in [7, 11) is 2.05. The number of likely N-dealkylation sites (tertiary alicyclic amines) is 1. The second-order valence-corrected chi connectivity index (χ2v) is 9.06. The van der Waals surface area contributed by atoms with Crippen molar-refractivity contribution in [1.82, 2.24) is 24.6 Å². The lowest BCUT2D eigenvalue weighted by molar-refractivity contribution is 0.0658. The van der Waals surface area contributed by atoms with E-state index in [1.807, 2.05) is 0 Å². The molecule has 38 heavy (non-hydrogen) atoms. The first-order chi connectivity index (χ1) is 18.3. The van der Waals surface area contributed by atoms with Crippen LogP contribution in [0.15, 0.2) is 53.6 Å². The highest BCUT2D eigenvalue weighted by atomic mass is 19.3. The minimum Gasteiger partial charge on any atom is -0.473 e. The summed E-state index contributed by atoms with van der Waals surface area (Å²) in [5.74, 6) is -0.966. The van der Waals surface area contributed by atoms with E-state index in [1.54, 1.807) is 6.07 Å². The van der Waals surface area contributed by atoms with Crippen molar-refractivity contribution in [3.8, 4) is 17.4 Å². The van der Waals surface area contributed by atoms with Gasteiger partial charge in [-0.1, -0.05) is 6.07 Å². The number of carbonyl (C=O) groups excluding carboxylic acids is 1. The lowest BCUT2D eigenvalue weighted by atomic mass is 10.0. The van der Waals surface area contributed by atoms with Crippen LogP contribution in [0.5, 0.6) is 17.4 Å². The molecule has 5 rings (SSSR count). The molecular formula is C26H24F3N5O4. The van der Waals surface area contributed by atoms with Crippen molar-refractivity contribution < 1.29 is 27.4 Å². The second kappa shape index (κ2) is 10.7. The highest BCUT2D eigenvalue weighted by Crippen LogP contribution is 2.36. The van der Waals surface area contributed by atoms with Crippen LogP contribution in [0.1, 0.15) is 35.3 Å². The molecule has 1 aromatic carbocycles. The number of alkyl halides is 2. The Balaban J connectivity index is 1.34. The Kier molecular flexibility index (Phi) is 7.14. The van der Waals surface area contributed by atoms with Crippen molar-refractivity contribution in [3.05, 3.63) is 76.1 Å². The molecule has 1 aliphatic heterocycles. The number of hydrogen-bond acceptors (Lipinski definition) is 7. The summed E-state index contributed by atoms with van der Waals surface area (Å²) >= 11 is 0. The SMILES string of the molecule is CN1CCC(Oc2n[nH]c3nccc(Oc4ccc(CC(=O)c5cccn(C(F)F)c5=O)cc4F)c23)CC1. The Morgan fingerprint density at radius 2 is 1.97 bits per heavy atom. The highest BCUT2D eigenvalue weighted by molar-refractivity contribution is 5.97. The summed E-state index contributed by atoms with van der Waals surface area (Å²) < 4.78 is 53.1. The smallest absolute Gasteiger partial charge is 0.321 e. The fourth-order valence-electron chi connectivity index (χ4n) is 4.34. The number of hydrogen-bond donors (Lipinski definition) is 1. The monoisotopic (exact) mass is 527 g/mol. The number of halogens is 3. The molecule has 9 nitrogen and oxygen atoms in total. The van der Waals surface area contributed by atoms with E-state index in [9.17, 15) is 22.8 Å². The zero-order valence-corrected chi connectivity index (χ0v) is 20.4. The van der Waals surface area contributed by atoms with Crippen LogP contribution in [0.3, 0.4) is 0 Å². The van der Waals surface area contributed by atoms with Crippen molar-refractivity contribution in [2.75, 3.05) is 20.1 Å². The van der Waals surface area contributed by atoms with Gasteiger partial charge < -0.3 is 14.4 Å². The molecule has 1 aliphatic rings. The molecule has 3 aromatic heterocycles. The number of aromatic amines is 1. The van der Waals surface area contributed by atoms with E-state index in [1.165, 1.54) is 30.5 Å². The number of ketones is 1. The van der Waals surface area contributed by atoms with E-state index in [2.05, 4.69) is 27.1 Å². The Labute approximate surface area is 214 Å². The first kappa shape index (κ1) is 25.5. The molecule has 0 aliphatic carbocycles. The lowest BCUT2D eigenvalue weighted by Crippen LogP contribution is -2.35. The predicted octanol–water partition coefficient (Wildman–Crippen LogP) is 4.34. The third kappa shape index (κ3) is 5.25. The van der Waals surface area contributed by atoms with Gasteiger partial charge in [0.2, 0.25) is 5.88 Å². The third-order valence-electron chi connectivity index (χ3n) is 6.40. The van der Waals surface area contributed by atoms with Gasteiger partial charge in [-0.3, -0.25) is 19.3 Å². The van der Waals surface area contributed by atoms with Crippen molar-refractivity contribution in [2.24, 2.45) is 0 Å². The van der Waals surface area contributed by atoms with E-state index in [0.29, 0.717) is 16.9 Å². The van der Waals surface area contributed by atoms with Gasteiger partial charge in [0.25, 0.3) is 5.56 Å². The normalized spacial score (nSPS) is 14.8. The van der Waals surface area contributed by atoms with E-state index in [4.69, 9.17) is 9.47 Å². The molecule has 4 aromatic rings. The maximum absolute atomic E-state index is 15.0. The predicted molar refractivity (Wildman–Crippen MR) is 131 cm³/mol. The summed E-state index contributed by atoms with van der Waals surface area (Å²) in [4.78, 5) is 31.2.